The molecule has 0 aliphatic heterocycles. The zero-order chi connectivity index (χ0) is 15.4. The minimum Gasteiger partial charge on any atom is -0.310 e. The Kier molecular flexibility index (Phi) is 4.24. The molecule has 0 unspecified atom stereocenters. The third-order valence-corrected chi connectivity index (χ3v) is 3.47. The summed E-state index contributed by atoms with van der Waals surface area (Å²) >= 11 is 3.37. The van der Waals surface area contributed by atoms with Crippen molar-refractivity contribution in [2.75, 3.05) is 5.32 Å². The summed E-state index contributed by atoms with van der Waals surface area (Å²) in [6, 6.07) is 11.1. The van der Waals surface area contributed by atoms with E-state index in [-0.39, 0.29) is 12.3 Å². The maximum atomic E-state index is 12.1. The van der Waals surface area contributed by atoms with E-state index in [1.54, 1.807) is 29.2 Å². The van der Waals surface area contributed by atoms with Gasteiger partial charge in [-0.25, -0.2) is 14.6 Å². The molecule has 0 saturated carbocycles. The summed E-state index contributed by atoms with van der Waals surface area (Å²) in [7, 11) is 0. The molecule has 0 radical (unpaired) electrons. The summed E-state index contributed by atoms with van der Waals surface area (Å²) in [5.41, 5.74) is 0.932. The van der Waals surface area contributed by atoms with Gasteiger partial charge in [-0.2, -0.15) is 5.10 Å². The first-order chi connectivity index (χ1) is 10.7. The van der Waals surface area contributed by atoms with Gasteiger partial charge in [0.1, 0.15) is 12.1 Å². The lowest BCUT2D eigenvalue weighted by Crippen LogP contribution is -2.15. The van der Waals surface area contributed by atoms with Crippen molar-refractivity contribution in [2.24, 2.45) is 0 Å². The van der Waals surface area contributed by atoms with Crippen LogP contribution in [0.3, 0.4) is 0 Å². The van der Waals surface area contributed by atoms with Crippen LogP contribution < -0.4 is 5.32 Å². The number of hydrogen-bond donors (Lipinski definition) is 1. The summed E-state index contributed by atoms with van der Waals surface area (Å²) in [4.78, 5) is 20.2. The molecule has 0 bridgehead atoms. The molecule has 1 amide bonds. The molecule has 0 saturated heterocycles. The fourth-order valence-corrected chi connectivity index (χ4v) is 2.18. The maximum Gasteiger partial charge on any atom is 0.229 e. The molecule has 0 aliphatic rings. The van der Waals surface area contributed by atoms with Gasteiger partial charge in [0, 0.05) is 22.9 Å². The van der Waals surface area contributed by atoms with E-state index in [0.29, 0.717) is 11.6 Å². The second kappa shape index (κ2) is 6.48. The van der Waals surface area contributed by atoms with Crippen LogP contribution in [0.4, 0.5) is 5.82 Å². The summed E-state index contributed by atoms with van der Waals surface area (Å²) < 4.78 is 2.59. The molecular formula is C15H12BrN5O. The van der Waals surface area contributed by atoms with Crippen molar-refractivity contribution in [3.05, 3.63) is 65.2 Å². The largest absolute Gasteiger partial charge is 0.310 e. The number of rotatable bonds is 4. The Bertz CT molecular complexity index is 771. The molecule has 7 heteroatoms. The highest BCUT2D eigenvalue weighted by Gasteiger charge is 2.07. The minimum absolute atomic E-state index is 0.132. The van der Waals surface area contributed by atoms with Gasteiger partial charge in [0.05, 0.1) is 6.42 Å². The molecule has 1 aromatic carbocycles. The summed E-state index contributed by atoms with van der Waals surface area (Å²) in [6.07, 6.45) is 5.12. The summed E-state index contributed by atoms with van der Waals surface area (Å²) in [6.45, 7) is 0. The van der Waals surface area contributed by atoms with Gasteiger partial charge in [0.25, 0.3) is 0 Å². The molecule has 110 valence electrons. The van der Waals surface area contributed by atoms with Gasteiger partial charge in [-0.05, 0) is 23.8 Å². The molecule has 2 heterocycles. The number of carbonyl (C=O) groups is 1. The van der Waals surface area contributed by atoms with Gasteiger partial charge < -0.3 is 5.32 Å². The minimum atomic E-state index is -0.132. The number of anilines is 1. The van der Waals surface area contributed by atoms with E-state index < -0.39 is 0 Å². The Morgan fingerprint density at radius 1 is 1.23 bits per heavy atom. The molecule has 2 aromatic heterocycles. The fraction of sp³-hybridized carbons (Fsp3) is 0.0667. The Labute approximate surface area is 135 Å². The number of amides is 1. The van der Waals surface area contributed by atoms with E-state index in [9.17, 15) is 4.79 Å². The standard InChI is InChI=1S/C15H12BrN5O/c16-12-4-2-11(3-5-12)8-15(22)20-13-9-14(18-10-17-13)21-7-1-6-19-21/h1-7,9-10H,8H2,(H,17,18,20,22). The molecule has 6 nitrogen and oxygen atoms in total. The average molecular weight is 358 g/mol. The molecule has 1 N–H and O–H groups in total. The number of aromatic nitrogens is 4. The van der Waals surface area contributed by atoms with Crippen molar-refractivity contribution in [1.82, 2.24) is 19.7 Å². The van der Waals surface area contributed by atoms with E-state index in [0.717, 1.165) is 10.0 Å². The van der Waals surface area contributed by atoms with Gasteiger partial charge >= 0.3 is 0 Å². The van der Waals surface area contributed by atoms with Crippen LogP contribution in [0.25, 0.3) is 5.82 Å². The lowest BCUT2D eigenvalue weighted by atomic mass is 10.1. The number of nitrogens with zero attached hydrogens (tertiary/aromatic N) is 4. The first kappa shape index (κ1) is 14.4. The molecule has 0 aliphatic carbocycles. The third-order valence-electron chi connectivity index (χ3n) is 2.94. The Morgan fingerprint density at radius 2 is 2.05 bits per heavy atom. The highest BCUT2D eigenvalue weighted by molar-refractivity contribution is 9.10. The zero-order valence-electron chi connectivity index (χ0n) is 11.5. The van der Waals surface area contributed by atoms with E-state index in [1.807, 2.05) is 24.3 Å². The number of benzene rings is 1. The van der Waals surface area contributed by atoms with Crippen molar-refractivity contribution < 1.29 is 4.79 Å². The third kappa shape index (κ3) is 3.56. The van der Waals surface area contributed by atoms with Crippen LogP contribution in [0.15, 0.2) is 59.6 Å². The van der Waals surface area contributed by atoms with Crippen LogP contribution in [0.2, 0.25) is 0 Å². The lowest BCUT2D eigenvalue weighted by molar-refractivity contribution is -0.115. The lowest BCUT2D eigenvalue weighted by Gasteiger charge is -2.06. The average Bonchev–Trinajstić information content (AvgIpc) is 3.04. The van der Waals surface area contributed by atoms with Gasteiger partial charge in [-0.1, -0.05) is 28.1 Å². The first-order valence-corrected chi connectivity index (χ1v) is 7.36. The van der Waals surface area contributed by atoms with Crippen molar-refractivity contribution in [3.63, 3.8) is 0 Å². The van der Waals surface area contributed by atoms with Crippen molar-refractivity contribution in [1.29, 1.82) is 0 Å². The first-order valence-electron chi connectivity index (χ1n) is 6.57. The highest BCUT2D eigenvalue weighted by Crippen LogP contribution is 2.12. The van der Waals surface area contributed by atoms with Crippen LogP contribution in [0.1, 0.15) is 5.56 Å². The molecular weight excluding hydrogens is 346 g/mol. The van der Waals surface area contributed by atoms with Crippen molar-refractivity contribution in [2.45, 2.75) is 6.42 Å². The predicted octanol–water partition coefficient (Wildman–Crippen LogP) is 2.61. The van der Waals surface area contributed by atoms with E-state index in [1.165, 1.54) is 6.33 Å². The second-order valence-corrected chi connectivity index (χ2v) is 5.48. The molecule has 0 fully saturated rings. The van der Waals surface area contributed by atoms with Gasteiger partial charge in [0.2, 0.25) is 5.91 Å². The predicted molar refractivity (Wildman–Crippen MR) is 85.6 cm³/mol. The molecule has 0 spiro atoms. The Balaban J connectivity index is 1.69. The SMILES string of the molecule is O=C(Cc1ccc(Br)cc1)Nc1cc(-n2cccn2)ncn1. The number of halogens is 1. The Hall–Kier alpha value is -2.54. The van der Waals surface area contributed by atoms with Gasteiger partial charge in [-0.3, -0.25) is 4.79 Å². The summed E-state index contributed by atoms with van der Waals surface area (Å²) in [5.74, 6) is 0.911. The smallest absolute Gasteiger partial charge is 0.229 e. The van der Waals surface area contributed by atoms with E-state index >= 15 is 0 Å². The molecule has 3 rings (SSSR count). The zero-order valence-corrected chi connectivity index (χ0v) is 13.1. The van der Waals surface area contributed by atoms with Crippen LogP contribution >= 0.6 is 15.9 Å². The quantitative estimate of drug-likeness (QED) is 0.778. The molecule has 0 atom stereocenters. The monoisotopic (exact) mass is 357 g/mol. The van der Waals surface area contributed by atoms with Crippen molar-refractivity contribution >= 4 is 27.7 Å². The molecule has 3 aromatic rings. The van der Waals surface area contributed by atoms with Gasteiger partial charge in [0.15, 0.2) is 5.82 Å². The topological polar surface area (TPSA) is 72.7 Å². The van der Waals surface area contributed by atoms with Crippen LogP contribution in [0.5, 0.6) is 0 Å². The highest BCUT2D eigenvalue weighted by atomic mass is 79.9. The van der Waals surface area contributed by atoms with Crippen molar-refractivity contribution in [3.8, 4) is 5.82 Å². The Morgan fingerprint density at radius 3 is 2.77 bits per heavy atom. The number of carbonyl (C=O) groups excluding carboxylic acids is 1. The number of nitrogens with one attached hydrogen (secondary N) is 1. The second-order valence-electron chi connectivity index (χ2n) is 4.56. The van der Waals surface area contributed by atoms with E-state index in [4.69, 9.17) is 0 Å². The van der Waals surface area contributed by atoms with Crippen LogP contribution in [-0.2, 0) is 11.2 Å². The fourth-order valence-electron chi connectivity index (χ4n) is 1.92. The van der Waals surface area contributed by atoms with Crippen LogP contribution in [-0.4, -0.2) is 25.7 Å². The van der Waals surface area contributed by atoms with Crippen LogP contribution in [0, 0.1) is 0 Å². The van der Waals surface area contributed by atoms with E-state index in [2.05, 4.69) is 36.3 Å². The summed E-state index contributed by atoms with van der Waals surface area (Å²) in [5, 5.41) is 6.86. The van der Waals surface area contributed by atoms with Gasteiger partial charge in [-0.15, -0.1) is 0 Å². The molecule has 22 heavy (non-hydrogen) atoms. The normalized spacial score (nSPS) is 10.4. The maximum absolute atomic E-state index is 12.1. The number of hydrogen-bond acceptors (Lipinski definition) is 4.